The molecular formula is C19H26N2O5. The van der Waals surface area contributed by atoms with Crippen molar-refractivity contribution < 1.29 is 24.2 Å². The Morgan fingerprint density at radius 2 is 1.96 bits per heavy atom. The molecule has 1 fully saturated rings. The number of carboxylic acids is 1. The Labute approximate surface area is 153 Å². The maximum absolute atomic E-state index is 12.7. The molecule has 0 radical (unpaired) electrons. The zero-order valence-corrected chi connectivity index (χ0v) is 15.2. The molecule has 7 heteroatoms. The third-order valence-electron chi connectivity index (χ3n) is 4.93. The number of aliphatic carboxylic acids is 1. The van der Waals surface area contributed by atoms with Crippen molar-refractivity contribution in [2.75, 3.05) is 26.3 Å². The van der Waals surface area contributed by atoms with Crippen LogP contribution < -0.4 is 14.8 Å². The number of benzene rings is 1. The lowest BCUT2D eigenvalue weighted by Gasteiger charge is -2.33. The van der Waals surface area contributed by atoms with Crippen LogP contribution in [0.1, 0.15) is 38.3 Å². The summed E-state index contributed by atoms with van der Waals surface area (Å²) in [6.07, 6.45) is 1.33. The second-order valence-corrected chi connectivity index (χ2v) is 7.20. The number of hydrogen-bond donors (Lipinski definition) is 2. The molecule has 2 atom stereocenters. The Kier molecular flexibility index (Phi) is 5.54. The predicted octanol–water partition coefficient (Wildman–Crippen LogP) is 2.66. The summed E-state index contributed by atoms with van der Waals surface area (Å²) in [6.45, 7) is 5.97. The van der Waals surface area contributed by atoms with Gasteiger partial charge in [-0.2, -0.15) is 0 Å². The number of nitrogens with zero attached hydrogens (tertiary/aromatic N) is 1. The molecule has 0 spiro atoms. The van der Waals surface area contributed by atoms with Gasteiger partial charge in [0.05, 0.1) is 12.0 Å². The number of piperidine rings is 1. The van der Waals surface area contributed by atoms with Gasteiger partial charge in [0.25, 0.3) is 0 Å². The van der Waals surface area contributed by atoms with Gasteiger partial charge in [-0.05, 0) is 36.5 Å². The monoisotopic (exact) mass is 362 g/mol. The summed E-state index contributed by atoms with van der Waals surface area (Å²) in [5.74, 6) is 0.254. The zero-order valence-electron chi connectivity index (χ0n) is 15.2. The highest BCUT2D eigenvalue weighted by molar-refractivity contribution is 5.77. The van der Waals surface area contributed by atoms with Gasteiger partial charge in [-0.25, -0.2) is 4.79 Å². The molecule has 2 aliphatic rings. The van der Waals surface area contributed by atoms with Crippen LogP contribution in [0.2, 0.25) is 0 Å². The molecule has 7 nitrogen and oxygen atoms in total. The third-order valence-corrected chi connectivity index (χ3v) is 4.93. The number of carbonyl (C=O) groups is 2. The van der Waals surface area contributed by atoms with E-state index in [1.54, 1.807) is 4.90 Å². The molecule has 2 N–H and O–H groups in total. The zero-order chi connectivity index (χ0) is 18.7. The van der Waals surface area contributed by atoms with Gasteiger partial charge < -0.3 is 24.8 Å². The standard InChI is InChI=1S/C19H26N2O5/c1-12(2)17(13-5-6-15-16(10-13)26-9-8-25-15)20-19(24)21-7-3-4-14(11-21)18(22)23/h5-6,10,12,14,17H,3-4,7-9,11H2,1-2H3,(H,20,24)(H,22,23). The number of nitrogens with one attached hydrogen (secondary N) is 1. The molecule has 1 aromatic carbocycles. The Balaban J connectivity index is 1.72. The summed E-state index contributed by atoms with van der Waals surface area (Å²) in [6, 6.07) is 5.31. The first-order chi connectivity index (χ1) is 12.5. The number of urea groups is 1. The number of likely N-dealkylation sites (tertiary alicyclic amines) is 1. The maximum Gasteiger partial charge on any atom is 0.317 e. The van der Waals surface area contributed by atoms with Gasteiger partial charge in [0.2, 0.25) is 0 Å². The summed E-state index contributed by atoms with van der Waals surface area (Å²) >= 11 is 0. The number of fused-ring (bicyclic) bond motifs is 1. The first-order valence-electron chi connectivity index (χ1n) is 9.13. The quantitative estimate of drug-likeness (QED) is 0.860. The van der Waals surface area contributed by atoms with Crippen molar-refractivity contribution in [2.45, 2.75) is 32.7 Å². The summed E-state index contributed by atoms with van der Waals surface area (Å²) in [5.41, 5.74) is 0.949. The van der Waals surface area contributed by atoms with Crippen LogP contribution in [0.15, 0.2) is 18.2 Å². The topological polar surface area (TPSA) is 88.1 Å². The van der Waals surface area contributed by atoms with Crippen LogP contribution in [-0.4, -0.2) is 48.3 Å². The lowest BCUT2D eigenvalue weighted by Crippen LogP contribution is -2.48. The summed E-state index contributed by atoms with van der Waals surface area (Å²) in [5, 5.41) is 12.3. The number of carboxylic acid groups (broad SMARTS) is 1. The molecule has 1 saturated heterocycles. The van der Waals surface area contributed by atoms with E-state index in [1.165, 1.54) is 0 Å². The van der Waals surface area contributed by atoms with E-state index in [9.17, 15) is 14.7 Å². The Morgan fingerprint density at radius 1 is 1.23 bits per heavy atom. The lowest BCUT2D eigenvalue weighted by atomic mass is 9.95. The van der Waals surface area contributed by atoms with Gasteiger partial charge in [-0.1, -0.05) is 19.9 Å². The fourth-order valence-corrected chi connectivity index (χ4v) is 3.48. The predicted molar refractivity (Wildman–Crippen MR) is 95.5 cm³/mol. The Bertz CT molecular complexity index is 676. The van der Waals surface area contributed by atoms with Crippen LogP contribution in [0.25, 0.3) is 0 Å². The first kappa shape index (κ1) is 18.4. The molecule has 0 saturated carbocycles. The normalized spacial score (nSPS) is 20.6. The molecule has 0 aromatic heterocycles. The number of amides is 2. The second kappa shape index (κ2) is 7.85. The molecule has 3 rings (SSSR count). The minimum absolute atomic E-state index is 0.168. The van der Waals surface area contributed by atoms with Crippen LogP contribution in [-0.2, 0) is 4.79 Å². The maximum atomic E-state index is 12.7. The first-order valence-corrected chi connectivity index (χ1v) is 9.13. The van der Waals surface area contributed by atoms with Crippen molar-refractivity contribution in [1.29, 1.82) is 0 Å². The van der Waals surface area contributed by atoms with Crippen molar-refractivity contribution in [3.63, 3.8) is 0 Å². The highest BCUT2D eigenvalue weighted by Gasteiger charge is 2.30. The molecule has 1 aromatic rings. The molecular weight excluding hydrogens is 336 g/mol. The average molecular weight is 362 g/mol. The van der Waals surface area contributed by atoms with Crippen molar-refractivity contribution >= 4 is 12.0 Å². The van der Waals surface area contributed by atoms with E-state index in [2.05, 4.69) is 5.32 Å². The number of hydrogen-bond acceptors (Lipinski definition) is 4. The average Bonchev–Trinajstić information content (AvgIpc) is 2.65. The van der Waals surface area contributed by atoms with E-state index in [0.29, 0.717) is 44.1 Å². The van der Waals surface area contributed by atoms with Crippen LogP contribution in [0.4, 0.5) is 4.79 Å². The van der Waals surface area contributed by atoms with Crippen molar-refractivity contribution in [2.24, 2.45) is 11.8 Å². The highest BCUT2D eigenvalue weighted by atomic mass is 16.6. The van der Waals surface area contributed by atoms with Gasteiger partial charge >= 0.3 is 12.0 Å². The smallest absolute Gasteiger partial charge is 0.317 e. The van der Waals surface area contributed by atoms with Gasteiger partial charge in [0.1, 0.15) is 13.2 Å². The van der Waals surface area contributed by atoms with Gasteiger partial charge in [-0.15, -0.1) is 0 Å². The van der Waals surface area contributed by atoms with E-state index in [-0.39, 0.29) is 24.5 Å². The van der Waals surface area contributed by atoms with Gasteiger partial charge in [0.15, 0.2) is 11.5 Å². The summed E-state index contributed by atoms with van der Waals surface area (Å²) < 4.78 is 11.2. The molecule has 0 bridgehead atoms. The molecule has 2 aliphatic heterocycles. The van der Waals surface area contributed by atoms with E-state index in [1.807, 2.05) is 32.0 Å². The van der Waals surface area contributed by atoms with E-state index in [0.717, 1.165) is 5.56 Å². The van der Waals surface area contributed by atoms with Crippen molar-refractivity contribution in [3.8, 4) is 11.5 Å². The van der Waals surface area contributed by atoms with E-state index in [4.69, 9.17) is 9.47 Å². The van der Waals surface area contributed by atoms with Crippen LogP contribution in [0, 0.1) is 11.8 Å². The highest BCUT2D eigenvalue weighted by Crippen LogP contribution is 2.34. The third kappa shape index (κ3) is 4.03. The minimum Gasteiger partial charge on any atom is -0.486 e. The molecule has 26 heavy (non-hydrogen) atoms. The van der Waals surface area contributed by atoms with Crippen molar-refractivity contribution in [3.05, 3.63) is 23.8 Å². The SMILES string of the molecule is CC(C)C(NC(=O)N1CCCC(C(=O)O)C1)c1ccc2c(c1)OCCO2. The summed E-state index contributed by atoms with van der Waals surface area (Å²) in [4.78, 5) is 25.5. The number of carbonyl (C=O) groups excluding carboxylic acids is 1. The molecule has 142 valence electrons. The minimum atomic E-state index is -0.838. The van der Waals surface area contributed by atoms with Gasteiger partial charge in [0, 0.05) is 13.1 Å². The molecule has 0 aliphatic carbocycles. The number of ether oxygens (including phenoxy) is 2. The van der Waals surface area contributed by atoms with Crippen LogP contribution in [0.3, 0.4) is 0 Å². The Hall–Kier alpha value is -2.44. The largest absolute Gasteiger partial charge is 0.486 e. The summed E-state index contributed by atoms with van der Waals surface area (Å²) in [7, 11) is 0. The van der Waals surface area contributed by atoms with Crippen molar-refractivity contribution in [1.82, 2.24) is 10.2 Å². The second-order valence-electron chi connectivity index (χ2n) is 7.20. The van der Waals surface area contributed by atoms with Gasteiger partial charge in [-0.3, -0.25) is 4.79 Å². The molecule has 2 amide bonds. The Morgan fingerprint density at radius 3 is 2.65 bits per heavy atom. The molecule has 2 unspecified atom stereocenters. The van der Waals surface area contributed by atoms with E-state index < -0.39 is 11.9 Å². The molecule has 2 heterocycles. The number of rotatable bonds is 4. The lowest BCUT2D eigenvalue weighted by molar-refractivity contribution is -0.143. The van der Waals surface area contributed by atoms with E-state index >= 15 is 0 Å². The van der Waals surface area contributed by atoms with Crippen LogP contribution >= 0.6 is 0 Å². The fraction of sp³-hybridized carbons (Fsp3) is 0.579. The van der Waals surface area contributed by atoms with Crippen LogP contribution in [0.5, 0.6) is 11.5 Å². The fourth-order valence-electron chi connectivity index (χ4n) is 3.48.